The van der Waals surface area contributed by atoms with Gasteiger partial charge in [0.1, 0.15) is 0 Å². The maximum atomic E-state index is 11.0. The van der Waals surface area contributed by atoms with Gasteiger partial charge in [0.2, 0.25) is 0 Å². The Morgan fingerprint density at radius 3 is 2.74 bits per heavy atom. The fourth-order valence-electron chi connectivity index (χ4n) is 1.52. The first-order chi connectivity index (χ1) is 9.10. The molecule has 6 nitrogen and oxygen atoms in total. The summed E-state index contributed by atoms with van der Waals surface area (Å²) in [5.41, 5.74) is 5.71. The molecule has 0 saturated heterocycles. The van der Waals surface area contributed by atoms with E-state index in [1.165, 1.54) is 19.2 Å². The third-order valence-corrected chi connectivity index (χ3v) is 2.51. The van der Waals surface area contributed by atoms with Crippen LogP contribution in [-0.4, -0.2) is 24.8 Å². The number of carboxylic acids is 1. The number of hydrogen-bond acceptors (Lipinski definition) is 5. The number of methoxy groups -OCH3 is 1. The maximum absolute atomic E-state index is 11.0. The van der Waals surface area contributed by atoms with Crippen LogP contribution in [0.25, 0.3) is 0 Å². The van der Waals surface area contributed by atoms with Gasteiger partial charge in [-0.1, -0.05) is 0 Å². The van der Waals surface area contributed by atoms with Gasteiger partial charge in [0, 0.05) is 18.6 Å². The van der Waals surface area contributed by atoms with Gasteiger partial charge in [0.25, 0.3) is 0 Å². The minimum Gasteiger partial charge on any atom is -0.493 e. The predicted molar refractivity (Wildman–Crippen MR) is 69.3 cm³/mol. The van der Waals surface area contributed by atoms with E-state index >= 15 is 0 Å². The summed E-state index contributed by atoms with van der Waals surface area (Å²) in [5.74, 6) is -0.386. The number of benzene rings is 1. The molecule has 0 saturated carbocycles. The van der Waals surface area contributed by atoms with E-state index in [-0.39, 0.29) is 11.3 Å². The van der Waals surface area contributed by atoms with Crippen molar-refractivity contribution >= 4 is 11.7 Å². The van der Waals surface area contributed by atoms with Crippen molar-refractivity contribution < 1.29 is 19.4 Å². The Morgan fingerprint density at radius 2 is 2.16 bits per heavy atom. The standard InChI is InChI=1S/C13H16N2O4/c1-18-11-8-10(15)9(13(16)17)7-12(11)19-6-4-2-3-5-14/h7-8H,2-4,6,15H2,1H3,(H,16,17). The largest absolute Gasteiger partial charge is 0.493 e. The van der Waals surface area contributed by atoms with Gasteiger partial charge < -0.3 is 20.3 Å². The SMILES string of the molecule is COc1cc(N)c(C(=O)O)cc1OCCCCC#N. The third-order valence-electron chi connectivity index (χ3n) is 2.51. The highest BCUT2D eigenvalue weighted by Gasteiger charge is 2.14. The molecule has 0 atom stereocenters. The number of hydrogen-bond donors (Lipinski definition) is 2. The molecule has 102 valence electrons. The average Bonchev–Trinajstić information content (AvgIpc) is 2.39. The number of ether oxygens (including phenoxy) is 2. The van der Waals surface area contributed by atoms with E-state index in [0.717, 1.165) is 6.42 Å². The molecule has 0 heterocycles. The second-order valence-corrected chi connectivity index (χ2v) is 3.86. The molecule has 6 heteroatoms. The summed E-state index contributed by atoms with van der Waals surface area (Å²) < 4.78 is 10.6. The van der Waals surface area contributed by atoms with Crippen LogP contribution in [0.3, 0.4) is 0 Å². The summed E-state index contributed by atoms with van der Waals surface area (Å²) in [6, 6.07) is 4.82. The van der Waals surface area contributed by atoms with E-state index in [0.29, 0.717) is 30.9 Å². The van der Waals surface area contributed by atoms with Crippen LogP contribution in [0.1, 0.15) is 29.6 Å². The smallest absolute Gasteiger partial charge is 0.337 e. The van der Waals surface area contributed by atoms with Crippen molar-refractivity contribution in [3.8, 4) is 17.6 Å². The molecule has 1 aromatic rings. The second-order valence-electron chi connectivity index (χ2n) is 3.86. The normalized spacial score (nSPS) is 9.68. The van der Waals surface area contributed by atoms with E-state index in [4.69, 9.17) is 25.6 Å². The Labute approximate surface area is 111 Å². The van der Waals surface area contributed by atoms with E-state index in [1.54, 1.807) is 0 Å². The highest BCUT2D eigenvalue weighted by molar-refractivity contribution is 5.94. The lowest BCUT2D eigenvalue weighted by Crippen LogP contribution is -2.06. The Hall–Kier alpha value is -2.42. The number of nitriles is 1. The van der Waals surface area contributed by atoms with Gasteiger partial charge >= 0.3 is 5.97 Å². The molecule has 0 unspecified atom stereocenters. The van der Waals surface area contributed by atoms with Crippen LogP contribution in [-0.2, 0) is 0 Å². The first-order valence-corrected chi connectivity index (χ1v) is 5.80. The van der Waals surface area contributed by atoms with Crippen LogP contribution in [0.5, 0.6) is 11.5 Å². The van der Waals surface area contributed by atoms with Gasteiger partial charge in [0.15, 0.2) is 11.5 Å². The van der Waals surface area contributed by atoms with E-state index < -0.39 is 5.97 Å². The Bertz CT molecular complexity index is 494. The van der Waals surface area contributed by atoms with Gasteiger partial charge in [-0.25, -0.2) is 4.79 Å². The molecule has 0 aliphatic heterocycles. The zero-order valence-electron chi connectivity index (χ0n) is 10.7. The Morgan fingerprint density at radius 1 is 1.42 bits per heavy atom. The molecule has 0 radical (unpaired) electrons. The molecule has 0 aliphatic rings. The van der Waals surface area contributed by atoms with Crippen LogP contribution in [0.15, 0.2) is 12.1 Å². The molecule has 3 N–H and O–H groups in total. The molecule has 0 aliphatic carbocycles. The molecular weight excluding hydrogens is 248 g/mol. The molecule has 0 amide bonds. The van der Waals surface area contributed by atoms with Crippen molar-refractivity contribution in [3.05, 3.63) is 17.7 Å². The topological polar surface area (TPSA) is 106 Å². The first-order valence-electron chi connectivity index (χ1n) is 5.80. The zero-order chi connectivity index (χ0) is 14.3. The number of nitrogens with two attached hydrogens (primary N) is 1. The van der Waals surface area contributed by atoms with E-state index in [1.807, 2.05) is 6.07 Å². The molecule has 0 aromatic heterocycles. The quantitative estimate of drug-likeness (QED) is 0.576. The summed E-state index contributed by atoms with van der Waals surface area (Å²) in [4.78, 5) is 11.0. The number of unbranched alkanes of at least 4 members (excludes halogenated alkanes) is 2. The number of nitrogens with zero attached hydrogens (tertiary/aromatic N) is 1. The maximum Gasteiger partial charge on any atom is 0.337 e. The summed E-state index contributed by atoms with van der Waals surface area (Å²) in [7, 11) is 1.46. The highest BCUT2D eigenvalue weighted by Crippen LogP contribution is 2.32. The van der Waals surface area contributed by atoms with Gasteiger partial charge in [-0.2, -0.15) is 5.26 Å². The minimum atomic E-state index is -1.12. The number of nitrogen functional groups attached to an aromatic ring is 1. The van der Waals surface area contributed by atoms with Crippen LogP contribution in [0, 0.1) is 11.3 Å². The van der Waals surface area contributed by atoms with Gasteiger partial charge in [-0.3, -0.25) is 0 Å². The zero-order valence-corrected chi connectivity index (χ0v) is 10.7. The molecular formula is C13H16N2O4. The molecule has 0 spiro atoms. The number of carbonyl (C=O) groups is 1. The van der Waals surface area contributed by atoms with E-state index in [9.17, 15) is 4.79 Å². The van der Waals surface area contributed by atoms with Crippen molar-refractivity contribution in [2.75, 3.05) is 19.5 Å². The summed E-state index contributed by atoms with van der Waals surface area (Å²) in [6.07, 6.45) is 1.92. The predicted octanol–water partition coefficient (Wildman–Crippen LogP) is 2.05. The van der Waals surface area contributed by atoms with Crippen LogP contribution in [0.4, 0.5) is 5.69 Å². The highest BCUT2D eigenvalue weighted by atomic mass is 16.5. The lowest BCUT2D eigenvalue weighted by Gasteiger charge is -2.12. The lowest BCUT2D eigenvalue weighted by atomic mass is 10.1. The number of aromatic carboxylic acids is 1. The van der Waals surface area contributed by atoms with Crippen LogP contribution >= 0.6 is 0 Å². The molecule has 1 rings (SSSR count). The molecule has 19 heavy (non-hydrogen) atoms. The fraction of sp³-hybridized carbons (Fsp3) is 0.385. The Kier molecular flexibility index (Phi) is 5.48. The third kappa shape index (κ3) is 4.07. The van der Waals surface area contributed by atoms with Crippen LogP contribution in [0.2, 0.25) is 0 Å². The van der Waals surface area contributed by atoms with Crippen molar-refractivity contribution in [1.29, 1.82) is 5.26 Å². The number of carboxylic acid groups (broad SMARTS) is 1. The van der Waals surface area contributed by atoms with Crippen LogP contribution < -0.4 is 15.2 Å². The summed E-state index contributed by atoms with van der Waals surface area (Å²) in [5, 5.41) is 17.4. The summed E-state index contributed by atoms with van der Waals surface area (Å²) in [6.45, 7) is 0.390. The fourth-order valence-corrected chi connectivity index (χ4v) is 1.52. The van der Waals surface area contributed by atoms with Crippen molar-refractivity contribution in [2.45, 2.75) is 19.3 Å². The first kappa shape index (κ1) is 14.6. The molecule has 1 aromatic carbocycles. The van der Waals surface area contributed by atoms with E-state index in [2.05, 4.69) is 0 Å². The molecule has 0 fully saturated rings. The van der Waals surface area contributed by atoms with Crippen molar-refractivity contribution in [3.63, 3.8) is 0 Å². The van der Waals surface area contributed by atoms with Crippen molar-refractivity contribution in [2.24, 2.45) is 0 Å². The number of rotatable bonds is 7. The monoisotopic (exact) mass is 264 g/mol. The minimum absolute atomic E-state index is 0.0205. The van der Waals surface area contributed by atoms with Crippen molar-refractivity contribution in [1.82, 2.24) is 0 Å². The summed E-state index contributed by atoms with van der Waals surface area (Å²) >= 11 is 0. The van der Waals surface area contributed by atoms with Gasteiger partial charge in [-0.05, 0) is 12.8 Å². The lowest BCUT2D eigenvalue weighted by molar-refractivity contribution is 0.0697. The molecule has 0 bridgehead atoms. The average molecular weight is 264 g/mol. The number of anilines is 1. The van der Waals surface area contributed by atoms with Gasteiger partial charge in [-0.15, -0.1) is 0 Å². The second kappa shape index (κ2) is 7.11. The van der Waals surface area contributed by atoms with Gasteiger partial charge in [0.05, 0.1) is 31.0 Å². The Balaban J connectivity index is 2.78.